The average molecular weight is 378 g/mol. The van der Waals surface area contributed by atoms with Crippen LogP contribution in [0.3, 0.4) is 0 Å². The fourth-order valence-corrected chi connectivity index (χ4v) is 2.48. The summed E-state index contributed by atoms with van der Waals surface area (Å²) in [4.78, 5) is 12.3. The quantitative estimate of drug-likeness (QED) is 0.738. The molecule has 2 rings (SSSR count). The average Bonchev–Trinajstić information content (AvgIpc) is 2.67. The van der Waals surface area contributed by atoms with Crippen molar-refractivity contribution < 1.29 is 23.7 Å². The molecule has 0 radical (unpaired) electrons. The van der Waals surface area contributed by atoms with Crippen molar-refractivity contribution in [2.24, 2.45) is 0 Å². The van der Waals surface area contributed by atoms with E-state index in [9.17, 15) is 4.79 Å². The van der Waals surface area contributed by atoms with E-state index in [1.807, 2.05) is 0 Å². The summed E-state index contributed by atoms with van der Waals surface area (Å²) in [7, 11) is 6.11. The van der Waals surface area contributed by atoms with Crippen molar-refractivity contribution in [1.29, 1.82) is 0 Å². The second kappa shape index (κ2) is 9.01. The van der Waals surface area contributed by atoms with Gasteiger partial charge < -0.3 is 24.3 Å². The number of carbonyl (C=O) groups excluding carboxylic acids is 1. The number of nitrogens with one attached hydrogen (secondary N) is 1. The Morgan fingerprint density at radius 1 is 0.923 bits per heavy atom. The van der Waals surface area contributed by atoms with Gasteiger partial charge in [0, 0.05) is 29.8 Å². The number of methoxy groups -OCH3 is 4. The predicted molar refractivity (Wildman–Crippen MR) is 102 cm³/mol. The van der Waals surface area contributed by atoms with Gasteiger partial charge in [-0.2, -0.15) is 0 Å². The summed E-state index contributed by atoms with van der Waals surface area (Å²) < 4.78 is 20.9. The largest absolute Gasteiger partial charge is 0.497 e. The monoisotopic (exact) mass is 377 g/mol. The lowest BCUT2D eigenvalue weighted by Gasteiger charge is -2.12. The van der Waals surface area contributed by atoms with Crippen LogP contribution in [-0.2, 0) is 4.79 Å². The molecule has 7 heteroatoms. The van der Waals surface area contributed by atoms with Crippen LogP contribution in [0.25, 0.3) is 6.08 Å². The third-order valence-electron chi connectivity index (χ3n) is 3.59. The number of ether oxygens (including phenoxy) is 4. The highest BCUT2D eigenvalue weighted by molar-refractivity contribution is 6.32. The van der Waals surface area contributed by atoms with Gasteiger partial charge in [-0.1, -0.05) is 11.6 Å². The highest BCUT2D eigenvalue weighted by atomic mass is 35.5. The van der Waals surface area contributed by atoms with E-state index in [2.05, 4.69) is 5.32 Å². The van der Waals surface area contributed by atoms with Gasteiger partial charge in [-0.3, -0.25) is 4.79 Å². The Morgan fingerprint density at radius 3 is 2.23 bits per heavy atom. The van der Waals surface area contributed by atoms with Crippen LogP contribution >= 0.6 is 11.6 Å². The van der Waals surface area contributed by atoms with E-state index < -0.39 is 0 Å². The molecule has 0 atom stereocenters. The van der Waals surface area contributed by atoms with E-state index in [1.54, 1.807) is 50.6 Å². The van der Waals surface area contributed by atoms with E-state index >= 15 is 0 Å². The zero-order valence-corrected chi connectivity index (χ0v) is 15.7. The number of anilines is 1. The van der Waals surface area contributed by atoms with Crippen LogP contribution in [0.4, 0.5) is 5.69 Å². The molecule has 0 spiro atoms. The van der Waals surface area contributed by atoms with Crippen molar-refractivity contribution in [2.45, 2.75) is 0 Å². The van der Waals surface area contributed by atoms with Crippen LogP contribution in [0.5, 0.6) is 23.0 Å². The van der Waals surface area contributed by atoms with Gasteiger partial charge in [0.15, 0.2) is 0 Å². The number of hydrogen-bond acceptors (Lipinski definition) is 5. The lowest BCUT2D eigenvalue weighted by atomic mass is 10.1. The number of halogens is 1. The maximum Gasteiger partial charge on any atom is 0.248 e. The first-order valence-electron chi connectivity index (χ1n) is 7.65. The fourth-order valence-electron chi connectivity index (χ4n) is 2.25. The summed E-state index contributed by atoms with van der Waals surface area (Å²) in [5.41, 5.74) is 1.19. The first kappa shape index (κ1) is 19.5. The highest BCUT2D eigenvalue weighted by Crippen LogP contribution is 2.35. The molecule has 2 aromatic carbocycles. The van der Waals surface area contributed by atoms with Gasteiger partial charge in [0.2, 0.25) is 5.91 Å². The van der Waals surface area contributed by atoms with E-state index in [4.69, 9.17) is 30.5 Å². The van der Waals surface area contributed by atoms with Crippen molar-refractivity contribution in [3.05, 3.63) is 47.0 Å². The third-order valence-corrected chi connectivity index (χ3v) is 3.88. The number of carbonyl (C=O) groups is 1. The Hall–Kier alpha value is -2.86. The zero-order chi connectivity index (χ0) is 19.1. The molecule has 6 nitrogen and oxygen atoms in total. The van der Waals surface area contributed by atoms with Crippen LogP contribution in [0, 0.1) is 0 Å². The van der Waals surface area contributed by atoms with E-state index in [0.717, 1.165) is 5.56 Å². The van der Waals surface area contributed by atoms with Gasteiger partial charge in [-0.15, -0.1) is 0 Å². The molecule has 2 aromatic rings. The van der Waals surface area contributed by atoms with Gasteiger partial charge in [0.1, 0.15) is 23.0 Å². The Kier molecular flexibility index (Phi) is 6.74. The molecule has 138 valence electrons. The van der Waals surface area contributed by atoms with Gasteiger partial charge in [0.05, 0.1) is 39.1 Å². The number of benzene rings is 2. The highest BCUT2D eigenvalue weighted by Gasteiger charge is 2.11. The lowest BCUT2D eigenvalue weighted by molar-refractivity contribution is -0.111. The summed E-state index contributed by atoms with van der Waals surface area (Å²) in [5, 5.41) is 3.13. The summed E-state index contributed by atoms with van der Waals surface area (Å²) in [6, 6.07) is 8.50. The van der Waals surface area contributed by atoms with Crippen LogP contribution in [0.2, 0.25) is 5.02 Å². The topological polar surface area (TPSA) is 66.0 Å². The molecular formula is C19H20ClNO5. The second-order valence-corrected chi connectivity index (χ2v) is 5.52. The van der Waals surface area contributed by atoms with Crippen molar-refractivity contribution in [2.75, 3.05) is 33.8 Å². The van der Waals surface area contributed by atoms with Crippen molar-refractivity contribution >= 4 is 29.3 Å². The molecule has 0 aromatic heterocycles. The fraction of sp³-hybridized carbons (Fsp3) is 0.211. The van der Waals surface area contributed by atoms with Gasteiger partial charge >= 0.3 is 0 Å². The third kappa shape index (κ3) is 4.61. The van der Waals surface area contributed by atoms with Gasteiger partial charge in [0.25, 0.3) is 0 Å². The molecule has 0 saturated carbocycles. The Balaban J connectivity index is 2.20. The molecular weight excluding hydrogens is 358 g/mol. The molecule has 0 bridgehead atoms. The number of hydrogen-bond donors (Lipinski definition) is 1. The predicted octanol–water partition coefficient (Wildman–Crippen LogP) is 4.03. The Bertz CT molecular complexity index is 820. The van der Waals surface area contributed by atoms with Crippen molar-refractivity contribution in [1.82, 2.24) is 0 Å². The lowest BCUT2D eigenvalue weighted by Crippen LogP contribution is -2.09. The summed E-state index contributed by atoms with van der Waals surface area (Å²) in [5.74, 6) is 1.79. The molecule has 0 aliphatic rings. The summed E-state index contributed by atoms with van der Waals surface area (Å²) in [6.45, 7) is 0. The normalized spacial score (nSPS) is 10.5. The standard InChI is InChI=1S/C19H20ClNO5/c1-23-13-7-5-12(16(9-13)24-2)6-8-19(22)21-15-11-17(25-3)14(20)10-18(15)26-4/h5-11H,1-4H3,(H,21,22)/b8-6+. The molecule has 26 heavy (non-hydrogen) atoms. The number of rotatable bonds is 7. The summed E-state index contributed by atoms with van der Waals surface area (Å²) >= 11 is 6.06. The Morgan fingerprint density at radius 2 is 1.62 bits per heavy atom. The van der Waals surface area contributed by atoms with Crippen molar-refractivity contribution in [3.63, 3.8) is 0 Å². The minimum atomic E-state index is -0.342. The van der Waals surface area contributed by atoms with Crippen LogP contribution < -0.4 is 24.3 Å². The minimum absolute atomic E-state index is 0.342. The first-order valence-corrected chi connectivity index (χ1v) is 8.02. The molecule has 0 aliphatic heterocycles. The Labute approximate surface area is 157 Å². The first-order chi connectivity index (χ1) is 12.5. The van der Waals surface area contributed by atoms with Crippen molar-refractivity contribution in [3.8, 4) is 23.0 Å². The molecule has 1 amide bonds. The zero-order valence-electron chi connectivity index (χ0n) is 15.0. The molecule has 0 saturated heterocycles. The molecule has 0 aliphatic carbocycles. The SMILES string of the molecule is COc1ccc(/C=C/C(=O)Nc2cc(OC)c(Cl)cc2OC)c(OC)c1. The van der Waals surface area contributed by atoms with E-state index in [-0.39, 0.29) is 5.91 Å². The second-order valence-electron chi connectivity index (χ2n) is 5.12. The maximum atomic E-state index is 12.3. The van der Waals surface area contributed by atoms with Gasteiger partial charge in [-0.25, -0.2) is 0 Å². The molecule has 0 fully saturated rings. The number of amides is 1. The molecule has 1 N–H and O–H groups in total. The van der Waals surface area contributed by atoms with Crippen LogP contribution in [-0.4, -0.2) is 34.3 Å². The molecule has 0 unspecified atom stereocenters. The van der Waals surface area contributed by atoms with Crippen LogP contribution in [0.1, 0.15) is 5.56 Å². The smallest absolute Gasteiger partial charge is 0.248 e. The summed E-state index contributed by atoms with van der Waals surface area (Å²) in [6.07, 6.45) is 3.04. The minimum Gasteiger partial charge on any atom is -0.497 e. The van der Waals surface area contributed by atoms with E-state index in [0.29, 0.717) is 33.7 Å². The van der Waals surface area contributed by atoms with E-state index in [1.165, 1.54) is 20.3 Å². The van der Waals surface area contributed by atoms with Gasteiger partial charge in [-0.05, 0) is 18.2 Å². The molecule has 0 heterocycles. The maximum absolute atomic E-state index is 12.3. The van der Waals surface area contributed by atoms with Crippen LogP contribution in [0.15, 0.2) is 36.4 Å².